The van der Waals surface area contributed by atoms with E-state index in [0.717, 1.165) is 0 Å². The zero-order valence-corrected chi connectivity index (χ0v) is 25.7. The second kappa shape index (κ2) is 13.0. The molecule has 1 aromatic heterocycles. The molecule has 12 heteroatoms. The molecule has 3 unspecified atom stereocenters. The Bertz CT molecular complexity index is 1700. The second-order valence-corrected chi connectivity index (χ2v) is 11.9. The van der Waals surface area contributed by atoms with Gasteiger partial charge in [-0.3, -0.25) is 24.9 Å². The number of carbonyl (C=O) groups excluding carboxylic acids is 2. The number of rotatable bonds is 8. The summed E-state index contributed by atoms with van der Waals surface area (Å²) in [5, 5.41) is 10.4. The summed E-state index contributed by atoms with van der Waals surface area (Å²) in [6.07, 6.45) is 1.64. The number of aromatic nitrogens is 1. The summed E-state index contributed by atoms with van der Waals surface area (Å²) in [6.45, 7) is 4.71. The van der Waals surface area contributed by atoms with Crippen LogP contribution in [0.2, 0.25) is 10.0 Å². The Morgan fingerprint density at radius 1 is 0.930 bits per heavy atom. The van der Waals surface area contributed by atoms with Crippen molar-refractivity contribution >= 4 is 52.4 Å². The molecule has 43 heavy (non-hydrogen) atoms. The number of Topliss-reactive ketones (excluding diaryl/α,β-unsaturated/α-hetero) is 2. The van der Waals surface area contributed by atoms with Crippen LogP contribution in [-0.4, -0.2) is 33.6 Å². The summed E-state index contributed by atoms with van der Waals surface area (Å²) in [4.78, 5) is 34.9. The summed E-state index contributed by atoms with van der Waals surface area (Å²) in [7, 11) is 0. The number of nitrogens with zero attached hydrogens (tertiary/aromatic N) is 2. The number of nitrogens with one attached hydrogen (secondary N) is 3. The number of allylic oxidation sites excluding steroid dienone is 1. The number of aliphatic imine (C=N–C) groups is 1. The summed E-state index contributed by atoms with van der Waals surface area (Å²) in [5.41, 5.74) is 3.27. The van der Waals surface area contributed by atoms with Gasteiger partial charge in [-0.1, -0.05) is 41.4 Å². The first-order valence-corrected chi connectivity index (χ1v) is 15.1. The molecule has 3 aromatic rings. The monoisotopic (exact) mass is 641 g/mol. The molecular weight excluding hydrogens is 615 g/mol. The second-order valence-electron chi connectivity index (χ2n) is 10.0. The number of carbonyl (C=O) groups is 2. The van der Waals surface area contributed by atoms with Gasteiger partial charge in [0.25, 0.3) is 0 Å². The first kappa shape index (κ1) is 30.9. The molecule has 3 N–H and O–H groups in total. The quantitative estimate of drug-likeness (QED) is 0.261. The number of halogens is 4. The minimum atomic E-state index is -0.802. The van der Waals surface area contributed by atoms with Gasteiger partial charge in [0.15, 0.2) is 17.4 Å². The van der Waals surface area contributed by atoms with Gasteiger partial charge in [-0.2, -0.15) is 0 Å². The average molecular weight is 643 g/mol. The van der Waals surface area contributed by atoms with Gasteiger partial charge in [-0.05, 0) is 62.7 Å². The lowest BCUT2D eigenvalue weighted by Crippen LogP contribution is -2.48. The Morgan fingerprint density at radius 3 is 2.16 bits per heavy atom. The minimum Gasteiger partial charge on any atom is -0.364 e. The standard InChI is InChI=1S/C31H27Cl2F2N5O2S/c1-15-26(16(2)41)28(20-9-7-18(34)12-22(20)32)40-31(37-15)43-14-25-27(17(3)42)29(21-10-8-19(35)13-23(21)33)39-30(38-25)24-6-4-5-11-36-24/h4-13,28-29,31,37,40H,14H2,1-3H3,(H,38,39). The molecule has 0 fully saturated rings. The van der Waals surface area contributed by atoms with E-state index in [1.54, 1.807) is 31.3 Å². The number of hydrogen-bond acceptors (Lipinski definition) is 8. The normalized spacial score (nSPS) is 20.3. The maximum atomic E-state index is 13.9. The zero-order valence-electron chi connectivity index (χ0n) is 23.3. The third-order valence-corrected chi connectivity index (χ3v) is 8.77. The molecule has 0 saturated heterocycles. The van der Waals surface area contributed by atoms with Crippen LogP contribution in [0.1, 0.15) is 49.7 Å². The molecule has 2 aliphatic rings. The number of hydrogen-bond donors (Lipinski definition) is 3. The van der Waals surface area contributed by atoms with Gasteiger partial charge >= 0.3 is 0 Å². The van der Waals surface area contributed by atoms with Crippen LogP contribution >= 0.6 is 35.0 Å². The number of thioether (sulfide) groups is 1. The van der Waals surface area contributed by atoms with E-state index in [1.165, 1.54) is 55.9 Å². The van der Waals surface area contributed by atoms with Gasteiger partial charge in [-0.25, -0.2) is 8.78 Å². The van der Waals surface area contributed by atoms with Crippen molar-refractivity contribution in [3.05, 3.63) is 122 Å². The fraction of sp³-hybridized carbons (Fsp3) is 0.226. The molecule has 5 rings (SSSR count). The molecule has 3 atom stereocenters. The predicted octanol–water partition coefficient (Wildman–Crippen LogP) is 6.41. The third-order valence-electron chi connectivity index (χ3n) is 7.08. The van der Waals surface area contributed by atoms with Crippen molar-refractivity contribution in [3.63, 3.8) is 0 Å². The number of ketones is 2. The maximum Gasteiger partial charge on any atom is 0.160 e. The van der Waals surface area contributed by atoms with Gasteiger partial charge in [-0.15, -0.1) is 11.8 Å². The Kier molecular flexibility index (Phi) is 9.31. The molecule has 3 heterocycles. The smallest absolute Gasteiger partial charge is 0.160 e. The van der Waals surface area contributed by atoms with Crippen molar-refractivity contribution in [2.24, 2.45) is 4.99 Å². The van der Waals surface area contributed by atoms with E-state index in [-0.39, 0.29) is 21.6 Å². The van der Waals surface area contributed by atoms with Gasteiger partial charge in [0, 0.05) is 50.1 Å². The van der Waals surface area contributed by atoms with Gasteiger partial charge in [0.2, 0.25) is 0 Å². The number of amidine groups is 1. The molecule has 7 nitrogen and oxygen atoms in total. The van der Waals surface area contributed by atoms with Crippen LogP contribution in [-0.2, 0) is 9.59 Å². The highest BCUT2D eigenvalue weighted by Crippen LogP contribution is 2.38. The summed E-state index contributed by atoms with van der Waals surface area (Å²) >= 11 is 14.3. The molecular formula is C31H27Cl2F2N5O2S. The fourth-order valence-electron chi connectivity index (χ4n) is 5.17. The van der Waals surface area contributed by atoms with E-state index in [2.05, 4.69) is 20.9 Å². The Labute approximate surface area is 261 Å². The molecule has 222 valence electrons. The SMILES string of the molecule is CC(=O)C1=C(CSC2NC(C)=C(C(C)=O)C(c3ccc(F)cc3Cl)N2)NC(c2ccccn2)=NC1c1ccc(F)cc1Cl. The van der Waals surface area contributed by atoms with Crippen molar-refractivity contribution < 1.29 is 18.4 Å². The third kappa shape index (κ3) is 6.67. The van der Waals surface area contributed by atoms with Crippen LogP contribution in [0.4, 0.5) is 8.78 Å². The lowest BCUT2D eigenvalue weighted by molar-refractivity contribution is -0.114. The van der Waals surface area contributed by atoms with E-state index < -0.39 is 29.2 Å². The van der Waals surface area contributed by atoms with Gasteiger partial charge in [0.1, 0.15) is 28.9 Å². The lowest BCUT2D eigenvalue weighted by atomic mass is 9.93. The Balaban J connectivity index is 1.50. The maximum absolute atomic E-state index is 13.9. The minimum absolute atomic E-state index is 0.147. The lowest BCUT2D eigenvalue weighted by Gasteiger charge is -2.36. The first-order chi connectivity index (χ1) is 20.5. The highest BCUT2D eigenvalue weighted by Gasteiger charge is 2.34. The van der Waals surface area contributed by atoms with E-state index in [9.17, 15) is 18.4 Å². The molecule has 0 spiro atoms. The van der Waals surface area contributed by atoms with Crippen LogP contribution < -0.4 is 16.0 Å². The summed E-state index contributed by atoms with van der Waals surface area (Å²) in [6, 6.07) is 12.1. The molecule has 0 aliphatic carbocycles. The van der Waals surface area contributed by atoms with Crippen molar-refractivity contribution in [1.29, 1.82) is 0 Å². The van der Waals surface area contributed by atoms with E-state index >= 15 is 0 Å². The van der Waals surface area contributed by atoms with Crippen LogP contribution in [0, 0.1) is 11.6 Å². The number of benzene rings is 2. The van der Waals surface area contributed by atoms with E-state index in [1.807, 2.05) is 6.07 Å². The summed E-state index contributed by atoms with van der Waals surface area (Å²) < 4.78 is 27.8. The van der Waals surface area contributed by atoms with Crippen molar-refractivity contribution in [1.82, 2.24) is 20.9 Å². The molecule has 0 saturated carbocycles. The largest absolute Gasteiger partial charge is 0.364 e. The Hall–Kier alpha value is -3.57. The van der Waals surface area contributed by atoms with Crippen LogP contribution in [0.5, 0.6) is 0 Å². The highest BCUT2D eigenvalue weighted by molar-refractivity contribution is 8.00. The number of pyridine rings is 1. The van der Waals surface area contributed by atoms with Crippen LogP contribution in [0.15, 0.2) is 88.3 Å². The van der Waals surface area contributed by atoms with E-state index in [4.69, 9.17) is 28.2 Å². The van der Waals surface area contributed by atoms with Gasteiger partial charge in [0.05, 0.1) is 6.04 Å². The van der Waals surface area contributed by atoms with E-state index in [0.29, 0.717) is 50.9 Å². The molecule has 2 aliphatic heterocycles. The van der Waals surface area contributed by atoms with Crippen molar-refractivity contribution in [3.8, 4) is 0 Å². The fourth-order valence-corrected chi connectivity index (χ4v) is 6.77. The van der Waals surface area contributed by atoms with Crippen molar-refractivity contribution in [2.45, 2.75) is 38.4 Å². The predicted molar refractivity (Wildman–Crippen MR) is 166 cm³/mol. The first-order valence-electron chi connectivity index (χ1n) is 13.3. The molecule has 0 amide bonds. The van der Waals surface area contributed by atoms with Crippen LogP contribution in [0.3, 0.4) is 0 Å². The topological polar surface area (TPSA) is 95.5 Å². The molecule has 2 aromatic carbocycles. The molecule has 0 radical (unpaired) electrons. The van der Waals surface area contributed by atoms with Gasteiger partial charge < -0.3 is 10.6 Å². The average Bonchev–Trinajstić information content (AvgIpc) is 2.95. The molecule has 0 bridgehead atoms. The highest BCUT2D eigenvalue weighted by atomic mass is 35.5. The summed E-state index contributed by atoms with van der Waals surface area (Å²) in [5.74, 6) is -0.633. The van der Waals surface area contributed by atoms with Crippen molar-refractivity contribution in [2.75, 3.05) is 5.75 Å². The van der Waals surface area contributed by atoms with Crippen LogP contribution in [0.25, 0.3) is 0 Å². The zero-order chi connectivity index (χ0) is 30.8. The Morgan fingerprint density at radius 2 is 1.58 bits per heavy atom.